The molecule has 0 saturated carbocycles. The molecule has 2 aromatic carbocycles. The number of amides is 1. The minimum absolute atomic E-state index is 0.420. The van der Waals surface area contributed by atoms with Crippen LogP contribution in [0.1, 0.15) is 11.1 Å². The van der Waals surface area contributed by atoms with Gasteiger partial charge < -0.3 is 19.5 Å². The van der Waals surface area contributed by atoms with Gasteiger partial charge in [0.1, 0.15) is 16.9 Å². The number of esters is 1. The molecular weight excluding hydrogens is 392 g/mol. The zero-order chi connectivity index (χ0) is 21.2. The third-order valence-electron chi connectivity index (χ3n) is 3.82. The molecule has 0 aliphatic rings. The van der Waals surface area contributed by atoms with E-state index >= 15 is 0 Å². The summed E-state index contributed by atoms with van der Waals surface area (Å²) in [6.07, 6.45) is 2.75. The van der Waals surface area contributed by atoms with Crippen molar-refractivity contribution in [2.45, 2.75) is 11.8 Å². The van der Waals surface area contributed by atoms with Gasteiger partial charge in [0.05, 0.1) is 14.2 Å². The predicted molar refractivity (Wildman–Crippen MR) is 111 cm³/mol. The van der Waals surface area contributed by atoms with Crippen molar-refractivity contribution < 1.29 is 23.8 Å². The third-order valence-corrected chi connectivity index (χ3v) is 4.40. The van der Waals surface area contributed by atoms with Gasteiger partial charge in [0.2, 0.25) is 0 Å². The Morgan fingerprint density at radius 3 is 2.62 bits per heavy atom. The molecule has 0 atom stereocenters. The van der Waals surface area contributed by atoms with Crippen molar-refractivity contribution in [2.75, 3.05) is 26.1 Å². The van der Waals surface area contributed by atoms with Crippen molar-refractivity contribution in [2.24, 2.45) is 0 Å². The fourth-order valence-corrected chi connectivity index (χ4v) is 2.85. The SMILES string of the molecule is COc1ccc(/C=C/C(=O)OCC(=O)Nc2ccc(SC#N)cc2C)c(OC)c1. The van der Waals surface area contributed by atoms with Crippen molar-refractivity contribution in [1.29, 1.82) is 5.26 Å². The lowest BCUT2D eigenvalue weighted by atomic mass is 10.2. The van der Waals surface area contributed by atoms with Crippen LogP contribution in [0.2, 0.25) is 0 Å². The van der Waals surface area contributed by atoms with Gasteiger partial charge in [-0.15, -0.1) is 0 Å². The maximum absolute atomic E-state index is 12.0. The number of rotatable bonds is 8. The van der Waals surface area contributed by atoms with Gasteiger partial charge in [-0.05, 0) is 60.7 Å². The first-order valence-electron chi connectivity index (χ1n) is 8.50. The van der Waals surface area contributed by atoms with E-state index in [1.165, 1.54) is 19.3 Å². The second-order valence-corrected chi connectivity index (χ2v) is 6.63. The molecule has 0 unspecified atom stereocenters. The van der Waals surface area contributed by atoms with Crippen molar-refractivity contribution in [3.63, 3.8) is 0 Å². The second kappa shape index (κ2) is 10.8. The van der Waals surface area contributed by atoms with Crippen molar-refractivity contribution in [3.8, 4) is 16.9 Å². The van der Waals surface area contributed by atoms with E-state index in [4.69, 9.17) is 19.5 Å². The average molecular weight is 412 g/mol. The number of benzene rings is 2. The van der Waals surface area contributed by atoms with E-state index in [1.807, 2.05) is 12.3 Å². The van der Waals surface area contributed by atoms with Crippen LogP contribution in [-0.4, -0.2) is 32.7 Å². The molecule has 0 aliphatic heterocycles. The summed E-state index contributed by atoms with van der Waals surface area (Å²) in [5.41, 5.74) is 2.06. The van der Waals surface area contributed by atoms with E-state index in [-0.39, 0.29) is 0 Å². The summed E-state index contributed by atoms with van der Waals surface area (Å²) in [7, 11) is 3.07. The normalized spacial score (nSPS) is 10.3. The van der Waals surface area contributed by atoms with Crippen LogP contribution in [0, 0.1) is 17.6 Å². The van der Waals surface area contributed by atoms with Crippen LogP contribution in [-0.2, 0) is 14.3 Å². The molecule has 1 amide bonds. The summed E-state index contributed by atoms with van der Waals surface area (Å²) in [4.78, 5) is 24.7. The summed E-state index contributed by atoms with van der Waals surface area (Å²) in [6, 6.07) is 10.4. The molecule has 0 aliphatic carbocycles. The van der Waals surface area contributed by atoms with Gasteiger partial charge in [0.25, 0.3) is 5.91 Å². The highest BCUT2D eigenvalue weighted by molar-refractivity contribution is 8.03. The number of hydrogen-bond acceptors (Lipinski definition) is 7. The molecule has 1 N–H and O–H groups in total. The van der Waals surface area contributed by atoms with Crippen LogP contribution in [0.15, 0.2) is 47.4 Å². The van der Waals surface area contributed by atoms with Gasteiger partial charge in [-0.3, -0.25) is 4.79 Å². The highest BCUT2D eigenvalue weighted by Gasteiger charge is 2.09. The van der Waals surface area contributed by atoms with Gasteiger partial charge in [0.15, 0.2) is 6.61 Å². The summed E-state index contributed by atoms with van der Waals surface area (Å²) in [6.45, 7) is 1.39. The smallest absolute Gasteiger partial charge is 0.331 e. The topological polar surface area (TPSA) is 97.6 Å². The number of nitrogens with zero attached hydrogens (tertiary/aromatic N) is 1. The number of carbonyl (C=O) groups excluding carboxylic acids is 2. The predicted octanol–water partition coefficient (Wildman–Crippen LogP) is 3.78. The molecule has 0 heterocycles. The van der Waals surface area contributed by atoms with Crippen LogP contribution < -0.4 is 14.8 Å². The average Bonchev–Trinajstić information content (AvgIpc) is 2.72. The fraction of sp³-hybridized carbons (Fsp3) is 0.190. The first-order valence-corrected chi connectivity index (χ1v) is 9.31. The molecule has 29 heavy (non-hydrogen) atoms. The van der Waals surface area contributed by atoms with E-state index in [0.717, 1.165) is 22.2 Å². The van der Waals surface area contributed by atoms with Crippen molar-refractivity contribution in [3.05, 3.63) is 53.6 Å². The number of nitriles is 1. The van der Waals surface area contributed by atoms with Gasteiger partial charge in [-0.25, -0.2) is 4.79 Å². The van der Waals surface area contributed by atoms with E-state index in [9.17, 15) is 9.59 Å². The monoisotopic (exact) mass is 412 g/mol. The van der Waals surface area contributed by atoms with E-state index in [1.54, 1.807) is 43.5 Å². The molecule has 0 fully saturated rings. The van der Waals surface area contributed by atoms with Gasteiger partial charge in [-0.1, -0.05) is 0 Å². The molecule has 8 heteroatoms. The quantitative estimate of drug-likeness (QED) is 0.305. The van der Waals surface area contributed by atoms with Crippen LogP contribution in [0.5, 0.6) is 11.5 Å². The van der Waals surface area contributed by atoms with Crippen molar-refractivity contribution in [1.82, 2.24) is 0 Å². The highest BCUT2D eigenvalue weighted by Crippen LogP contribution is 2.25. The van der Waals surface area contributed by atoms with E-state index < -0.39 is 18.5 Å². The van der Waals surface area contributed by atoms with Gasteiger partial charge in [-0.2, -0.15) is 5.26 Å². The van der Waals surface area contributed by atoms with Gasteiger partial charge >= 0.3 is 5.97 Å². The lowest BCUT2D eigenvalue weighted by molar-refractivity contribution is -0.142. The summed E-state index contributed by atoms with van der Waals surface area (Å²) in [5, 5.41) is 13.4. The van der Waals surface area contributed by atoms with Crippen LogP contribution in [0.4, 0.5) is 5.69 Å². The number of methoxy groups -OCH3 is 2. The van der Waals surface area contributed by atoms with Crippen molar-refractivity contribution >= 4 is 35.4 Å². The zero-order valence-electron chi connectivity index (χ0n) is 16.2. The van der Waals surface area contributed by atoms with Crippen LogP contribution in [0.25, 0.3) is 6.08 Å². The number of ether oxygens (including phenoxy) is 3. The molecule has 150 valence electrons. The molecule has 0 radical (unpaired) electrons. The lowest BCUT2D eigenvalue weighted by Crippen LogP contribution is -2.20. The fourth-order valence-electron chi connectivity index (χ4n) is 2.38. The lowest BCUT2D eigenvalue weighted by Gasteiger charge is -2.09. The maximum Gasteiger partial charge on any atom is 0.331 e. The molecule has 0 saturated heterocycles. The minimum Gasteiger partial charge on any atom is -0.497 e. The molecule has 0 aromatic heterocycles. The number of thiocyanates is 1. The van der Waals surface area contributed by atoms with E-state index in [2.05, 4.69) is 5.32 Å². The summed E-state index contributed by atoms with van der Waals surface area (Å²) >= 11 is 1.04. The first kappa shape index (κ1) is 21.9. The number of hydrogen-bond donors (Lipinski definition) is 1. The Kier molecular flexibility index (Phi) is 8.12. The Morgan fingerprint density at radius 2 is 1.97 bits per heavy atom. The number of thioether (sulfide) groups is 1. The Balaban J connectivity index is 1.90. The Bertz CT molecular complexity index is 966. The standard InChI is InChI=1S/C21H20N2O5S/c1-14-10-17(29-13-22)7-8-18(14)23-20(24)12-28-21(25)9-5-15-4-6-16(26-2)11-19(15)27-3/h4-11H,12H2,1-3H3,(H,23,24)/b9-5+. The molecule has 2 rings (SSSR count). The Hall–Kier alpha value is -3.44. The number of carbonyl (C=O) groups is 2. The minimum atomic E-state index is -0.657. The number of aryl methyl sites for hydroxylation is 1. The van der Waals surface area contributed by atoms with E-state index in [0.29, 0.717) is 22.7 Å². The third kappa shape index (κ3) is 6.59. The Morgan fingerprint density at radius 1 is 1.17 bits per heavy atom. The second-order valence-electron chi connectivity index (χ2n) is 5.77. The van der Waals surface area contributed by atoms with Crippen LogP contribution >= 0.6 is 11.8 Å². The molecule has 0 spiro atoms. The first-order chi connectivity index (χ1) is 14.0. The largest absolute Gasteiger partial charge is 0.497 e. The Labute approximate surface area is 173 Å². The van der Waals surface area contributed by atoms with Crippen LogP contribution in [0.3, 0.4) is 0 Å². The maximum atomic E-state index is 12.0. The summed E-state index contributed by atoms with van der Waals surface area (Å²) < 4.78 is 15.3. The zero-order valence-corrected chi connectivity index (χ0v) is 17.0. The summed E-state index contributed by atoms with van der Waals surface area (Å²) in [5.74, 6) is 0.0560. The molecule has 2 aromatic rings. The highest BCUT2D eigenvalue weighted by atomic mass is 32.2. The number of nitrogens with one attached hydrogen (secondary N) is 1. The molecule has 0 bridgehead atoms. The molecule has 7 nitrogen and oxygen atoms in total. The molecular formula is C21H20N2O5S. The van der Waals surface area contributed by atoms with Gasteiger partial charge in [0, 0.05) is 28.3 Å². The number of anilines is 1.